The minimum Gasteiger partial charge on any atom is -0.388 e. The molecule has 0 radical (unpaired) electrons. The quantitative estimate of drug-likeness (QED) is 0.265. The van der Waals surface area contributed by atoms with Gasteiger partial charge in [0.05, 0.1) is 16.5 Å². The second-order valence-corrected chi connectivity index (χ2v) is 11.0. The highest BCUT2D eigenvalue weighted by Crippen LogP contribution is 2.65. The minimum atomic E-state index is -1.32. The molecule has 5 nitrogen and oxygen atoms in total. The van der Waals surface area contributed by atoms with Crippen molar-refractivity contribution in [2.24, 2.45) is 5.92 Å². The molecule has 0 bridgehead atoms. The van der Waals surface area contributed by atoms with Crippen molar-refractivity contribution in [3.05, 3.63) is 86.4 Å². The van der Waals surface area contributed by atoms with Gasteiger partial charge in [-0.15, -0.1) is 23.2 Å². The van der Waals surface area contributed by atoms with Crippen LogP contribution >= 0.6 is 58.0 Å². The van der Waals surface area contributed by atoms with Crippen molar-refractivity contribution in [3.63, 3.8) is 0 Å². The van der Waals surface area contributed by atoms with Crippen LogP contribution < -0.4 is 16.0 Å². The fourth-order valence-electron chi connectivity index (χ4n) is 3.99. The Morgan fingerprint density at radius 2 is 1.49 bits per heavy atom. The number of halogens is 5. The topological polar surface area (TPSA) is 70.2 Å². The van der Waals surface area contributed by atoms with Gasteiger partial charge in [-0.2, -0.15) is 0 Å². The fourth-order valence-corrected chi connectivity index (χ4v) is 5.56. The number of benzene rings is 3. The molecule has 35 heavy (non-hydrogen) atoms. The predicted octanol–water partition coefficient (Wildman–Crippen LogP) is 7.78. The van der Waals surface area contributed by atoms with Gasteiger partial charge in [-0.05, 0) is 66.6 Å². The molecule has 182 valence electrons. The number of carbonyl (C=O) groups excluding carboxylic acids is 2. The van der Waals surface area contributed by atoms with E-state index < -0.39 is 28.0 Å². The first-order valence-electron chi connectivity index (χ1n) is 10.5. The Morgan fingerprint density at radius 3 is 2.14 bits per heavy atom. The molecule has 0 aliphatic heterocycles. The fraction of sp³-hybridized carbons (Fsp3) is 0.200. The molecule has 0 heterocycles. The van der Waals surface area contributed by atoms with Crippen molar-refractivity contribution in [3.8, 4) is 0 Å². The van der Waals surface area contributed by atoms with Gasteiger partial charge < -0.3 is 16.0 Å². The Labute approximate surface area is 228 Å². The summed E-state index contributed by atoms with van der Waals surface area (Å²) < 4.78 is -1.32. The van der Waals surface area contributed by atoms with Gasteiger partial charge in [0.1, 0.15) is 4.33 Å². The predicted molar refractivity (Wildman–Crippen MR) is 146 cm³/mol. The number of anilines is 3. The third kappa shape index (κ3) is 5.50. The maximum Gasteiger partial charge on any atom is 0.257 e. The van der Waals surface area contributed by atoms with Crippen LogP contribution in [-0.2, 0) is 4.79 Å². The first-order chi connectivity index (χ1) is 16.5. The summed E-state index contributed by atoms with van der Waals surface area (Å²) in [4.78, 5) is 25.9. The number of carbonyl (C=O) groups is 2. The van der Waals surface area contributed by atoms with E-state index in [9.17, 15) is 9.59 Å². The van der Waals surface area contributed by atoms with Gasteiger partial charge in [0, 0.05) is 40.1 Å². The van der Waals surface area contributed by atoms with Crippen molar-refractivity contribution < 1.29 is 9.59 Å². The third-order valence-electron chi connectivity index (χ3n) is 5.82. The molecule has 1 aliphatic rings. The largest absolute Gasteiger partial charge is 0.388 e. The summed E-state index contributed by atoms with van der Waals surface area (Å²) in [6, 6.07) is 15.1. The normalized spacial score (nSPS) is 18.0. The molecule has 4 rings (SSSR count). The smallest absolute Gasteiger partial charge is 0.257 e. The Bertz CT molecular complexity index is 1310. The van der Waals surface area contributed by atoms with E-state index in [1.165, 1.54) is 12.1 Å². The lowest BCUT2D eigenvalue weighted by Crippen LogP contribution is -2.18. The van der Waals surface area contributed by atoms with Crippen molar-refractivity contribution in [2.75, 3.05) is 23.0 Å². The molecule has 10 heteroatoms. The van der Waals surface area contributed by atoms with Crippen LogP contribution in [0.3, 0.4) is 0 Å². The highest BCUT2D eigenvalue weighted by atomic mass is 35.5. The first-order valence-corrected chi connectivity index (χ1v) is 12.4. The van der Waals surface area contributed by atoms with Crippen molar-refractivity contribution in [2.45, 2.75) is 17.2 Å². The zero-order chi connectivity index (χ0) is 25.5. The Hall–Kier alpha value is -2.15. The zero-order valence-electron chi connectivity index (χ0n) is 18.6. The van der Waals surface area contributed by atoms with Crippen molar-refractivity contribution in [1.29, 1.82) is 0 Å². The summed E-state index contributed by atoms with van der Waals surface area (Å²) in [5.41, 5.74) is 3.78. The first kappa shape index (κ1) is 25.9. The van der Waals surface area contributed by atoms with Crippen molar-refractivity contribution >= 4 is 86.9 Å². The molecule has 1 saturated carbocycles. The third-order valence-corrected chi connectivity index (χ3v) is 7.53. The molecule has 0 saturated heterocycles. The number of alkyl halides is 2. The summed E-state index contributed by atoms with van der Waals surface area (Å²) in [7, 11) is 1.80. The van der Waals surface area contributed by atoms with Crippen LogP contribution in [0.4, 0.5) is 17.1 Å². The Balaban J connectivity index is 1.51. The molecule has 2 amide bonds. The minimum absolute atomic E-state index is 0.202. The summed E-state index contributed by atoms with van der Waals surface area (Å²) in [5.74, 6) is -2.04. The highest BCUT2D eigenvalue weighted by Gasteiger charge is 2.67. The molecule has 3 aromatic carbocycles. The van der Waals surface area contributed by atoms with E-state index >= 15 is 0 Å². The van der Waals surface area contributed by atoms with E-state index in [4.69, 9.17) is 58.0 Å². The molecule has 1 fully saturated rings. The van der Waals surface area contributed by atoms with Crippen LogP contribution in [0.2, 0.25) is 15.1 Å². The maximum atomic E-state index is 13.0. The van der Waals surface area contributed by atoms with Gasteiger partial charge in [-0.25, -0.2) is 0 Å². The second-order valence-electron chi connectivity index (χ2n) is 8.25. The van der Waals surface area contributed by atoms with E-state index in [0.717, 1.165) is 11.3 Å². The zero-order valence-corrected chi connectivity index (χ0v) is 22.3. The average Bonchev–Trinajstić information content (AvgIpc) is 3.37. The maximum absolute atomic E-state index is 13.0. The molecule has 0 spiro atoms. The highest BCUT2D eigenvalue weighted by molar-refractivity contribution is 6.53. The number of aryl methyl sites for hydroxylation is 1. The molecular formula is C25H20Cl5N3O2. The van der Waals surface area contributed by atoms with Gasteiger partial charge in [0.2, 0.25) is 5.91 Å². The summed E-state index contributed by atoms with van der Waals surface area (Å²) >= 11 is 31.3. The molecule has 0 aromatic heterocycles. The van der Waals surface area contributed by atoms with Gasteiger partial charge >= 0.3 is 0 Å². The van der Waals surface area contributed by atoms with E-state index in [2.05, 4.69) is 16.0 Å². The monoisotopic (exact) mass is 569 g/mol. The standard InChI is InChI=1S/C25H20Cl5N3O2/c1-12-3-4-17(11-20(12)31-2)32-23(34)18-10-16(5-6-19(18)28)33-24(35)22-21(25(22,29)30)13-7-14(26)9-15(27)8-13/h3-11,21-22,31H,1-2H3,(H,32,34)(H,33,35). The van der Waals surface area contributed by atoms with Crippen molar-refractivity contribution in [1.82, 2.24) is 0 Å². The molecule has 3 N–H and O–H groups in total. The molecule has 3 aromatic rings. The number of rotatable bonds is 6. The Morgan fingerprint density at radius 1 is 0.857 bits per heavy atom. The summed E-state index contributed by atoms with van der Waals surface area (Å²) in [6.45, 7) is 1.96. The second kappa shape index (κ2) is 10.1. The molecular weight excluding hydrogens is 552 g/mol. The van der Waals surface area contributed by atoms with Crippen LogP contribution in [-0.4, -0.2) is 23.2 Å². The van der Waals surface area contributed by atoms with Crippen LogP contribution in [0.5, 0.6) is 0 Å². The van der Waals surface area contributed by atoms with E-state index in [1.54, 1.807) is 37.4 Å². The molecule has 2 unspecified atom stereocenters. The van der Waals surface area contributed by atoms with Gasteiger partial charge in [-0.3, -0.25) is 9.59 Å². The van der Waals surface area contributed by atoms with E-state index in [-0.39, 0.29) is 10.6 Å². The van der Waals surface area contributed by atoms with Gasteiger partial charge in [0.15, 0.2) is 0 Å². The lowest BCUT2D eigenvalue weighted by molar-refractivity contribution is -0.117. The van der Waals surface area contributed by atoms with Gasteiger partial charge in [0.25, 0.3) is 5.91 Å². The van der Waals surface area contributed by atoms with E-state index in [0.29, 0.717) is 27.0 Å². The number of hydrogen-bond donors (Lipinski definition) is 3. The summed E-state index contributed by atoms with van der Waals surface area (Å²) in [5, 5.41) is 9.76. The Kier molecular flexibility index (Phi) is 7.46. The van der Waals surface area contributed by atoms with Crippen LogP contribution in [0.1, 0.15) is 27.4 Å². The van der Waals surface area contributed by atoms with Crippen LogP contribution in [0.25, 0.3) is 0 Å². The molecule has 2 atom stereocenters. The van der Waals surface area contributed by atoms with E-state index in [1.807, 2.05) is 19.1 Å². The molecule has 1 aliphatic carbocycles. The summed E-state index contributed by atoms with van der Waals surface area (Å²) in [6.07, 6.45) is 0. The SMILES string of the molecule is CNc1cc(NC(=O)c2cc(NC(=O)C3C(c4cc(Cl)cc(Cl)c4)C3(Cl)Cl)ccc2Cl)ccc1C. The number of nitrogens with one attached hydrogen (secondary N) is 3. The lowest BCUT2D eigenvalue weighted by atomic mass is 10.1. The van der Waals surface area contributed by atoms with Gasteiger partial charge in [-0.1, -0.05) is 40.9 Å². The van der Waals surface area contributed by atoms with Crippen LogP contribution in [0.15, 0.2) is 54.6 Å². The van der Waals surface area contributed by atoms with Crippen LogP contribution in [0, 0.1) is 12.8 Å². The number of amides is 2. The average molecular weight is 572 g/mol. The number of hydrogen-bond acceptors (Lipinski definition) is 3. The lowest BCUT2D eigenvalue weighted by Gasteiger charge is -2.12.